The van der Waals surface area contributed by atoms with E-state index in [2.05, 4.69) is 5.32 Å². The van der Waals surface area contributed by atoms with Crippen LogP contribution in [0.25, 0.3) is 0 Å². The third-order valence-corrected chi connectivity index (χ3v) is 6.01. The largest absolute Gasteiger partial charge is 1.00 e. The first-order valence-electron chi connectivity index (χ1n) is 9.76. The fourth-order valence-corrected chi connectivity index (χ4v) is 3.93. The molecule has 0 spiro atoms. The first-order chi connectivity index (χ1) is 16.0. The molecule has 1 aliphatic heterocycles. The molecule has 0 radical (unpaired) electrons. The number of phenolic OH excluding ortho intramolecular Hbond substituents is 1. The number of nitrogens with one attached hydrogen (secondary N) is 1. The van der Waals surface area contributed by atoms with E-state index in [1.54, 1.807) is 24.3 Å². The van der Waals surface area contributed by atoms with E-state index in [4.69, 9.17) is 18.8 Å². The van der Waals surface area contributed by atoms with Gasteiger partial charge in [0.2, 0.25) is 11.6 Å². The SMILES string of the molecule is COc1ccc(COC(=O)C(C(=O)NC2(OC)CN(S(=O)(=O)O)C2=O)c2ccc(O)cc2)cc1.[H-].[Na+]. The Morgan fingerprint density at radius 3 is 2.23 bits per heavy atom. The minimum Gasteiger partial charge on any atom is -1.00 e. The molecule has 35 heavy (non-hydrogen) atoms. The smallest absolute Gasteiger partial charge is 1.00 e. The summed E-state index contributed by atoms with van der Waals surface area (Å²) in [4.78, 5) is 38.3. The molecule has 2 atom stereocenters. The van der Waals surface area contributed by atoms with Gasteiger partial charge in [-0.05, 0) is 35.4 Å². The molecule has 1 aliphatic rings. The van der Waals surface area contributed by atoms with Gasteiger partial charge in [0, 0.05) is 7.11 Å². The van der Waals surface area contributed by atoms with E-state index in [0.29, 0.717) is 11.3 Å². The third-order valence-electron chi connectivity index (χ3n) is 5.15. The number of benzene rings is 2. The predicted molar refractivity (Wildman–Crippen MR) is 116 cm³/mol. The van der Waals surface area contributed by atoms with Crippen LogP contribution in [-0.2, 0) is 40.8 Å². The predicted octanol–water partition coefficient (Wildman–Crippen LogP) is -2.55. The second-order valence-electron chi connectivity index (χ2n) is 7.29. The second-order valence-corrected chi connectivity index (χ2v) is 8.63. The summed E-state index contributed by atoms with van der Waals surface area (Å²) in [6, 6.07) is 11.8. The number of ether oxygens (including phenoxy) is 3. The van der Waals surface area contributed by atoms with Crippen molar-refractivity contribution in [3.63, 3.8) is 0 Å². The van der Waals surface area contributed by atoms with Crippen LogP contribution in [0.1, 0.15) is 18.5 Å². The van der Waals surface area contributed by atoms with Crippen molar-refractivity contribution in [3.05, 3.63) is 59.7 Å². The Bertz CT molecular complexity index is 1190. The number of rotatable bonds is 9. The summed E-state index contributed by atoms with van der Waals surface area (Å²) in [5, 5.41) is 11.8. The molecule has 2 aromatic rings. The van der Waals surface area contributed by atoms with Gasteiger partial charge in [-0.25, -0.2) is 4.31 Å². The molecule has 1 saturated heterocycles. The van der Waals surface area contributed by atoms with Crippen LogP contribution in [0.15, 0.2) is 48.5 Å². The molecule has 0 saturated carbocycles. The number of hydrogen-bond donors (Lipinski definition) is 3. The van der Waals surface area contributed by atoms with Crippen molar-refractivity contribution >= 4 is 28.1 Å². The summed E-state index contributed by atoms with van der Waals surface area (Å²) < 4.78 is 47.1. The van der Waals surface area contributed by atoms with Gasteiger partial charge < -0.3 is 26.1 Å². The van der Waals surface area contributed by atoms with Crippen molar-refractivity contribution in [2.24, 2.45) is 0 Å². The Balaban J connectivity index is 0.00000324. The van der Waals surface area contributed by atoms with Crippen molar-refractivity contribution < 1.29 is 77.7 Å². The molecule has 2 aromatic carbocycles. The molecule has 3 rings (SSSR count). The van der Waals surface area contributed by atoms with E-state index in [0.717, 1.165) is 7.11 Å². The van der Waals surface area contributed by atoms with Crippen LogP contribution in [0.3, 0.4) is 0 Å². The monoisotopic (exact) mass is 518 g/mol. The molecule has 2 amide bonds. The van der Waals surface area contributed by atoms with Crippen molar-refractivity contribution in [3.8, 4) is 11.5 Å². The van der Waals surface area contributed by atoms with Gasteiger partial charge in [0.05, 0.1) is 13.7 Å². The number of β-lactam (4-membered cyclic amide) rings is 1. The van der Waals surface area contributed by atoms with E-state index in [9.17, 15) is 27.9 Å². The summed E-state index contributed by atoms with van der Waals surface area (Å²) >= 11 is 0. The molecule has 1 fully saturated rings. The number of methoxy groups -OCH3 is 2. The van der Waals surface area contributed by atoms with E-state index < -0.39 is 46.3 Å². The second kappa shape index (κ2) is 11.4. The maximum Gasteiger partial charge on any atom is 1.00 e. The number of amides is 2. The number of hydrogen-bond acceptors (Lipinski definition) is 9. The summed E-state index contributed by atoms with van der Waals surface area (Å²) in [6.07, 6.45) is 0. The fraction of sp³-hybridized carbons (Fsp3) is 0.286. The van der Waals surface area contributed by atoms with Gasteiger partial charge in [-0.3, -0.25) is 18.9 Å². The van der Waals surface area contributed by atoms with E-state index in [-0.39, 0.29) is 53.2 Å². The van der Waals surface area contributed by atoms with Crippen LogP contribution < -0.4 is 39.6 Å². The van der Waals surface area contributed by atoms with Crippen LogP contribution in [0.2, 0.25) is 0 Å². The van der Waals surface area contributed by atoms with Gasteiger partial charge >= 0.3 is 45.8 Å². The van der Waals surface area contributed by atoms with Gasteiger partial charge in [0.25, 0.3) is 5.91 Å². The number of esters is 1. The van der Waals surface area contributed by atoms with E-state index in [1.165, 1.54) is 31.4 Å². The zero-order valence-electron chi connectivity index (χ0n) is 20.1. The minimum atomic E-state index is -4.85. The maximum atomic E-state index is 13.1. The molecular formula is C21H23N2NaO10S. The number of carbonyl (C=O) groups is 3. The van der Waals surface area contributed by atoms with Gasteiger partial charge in [0.15, 0.2) is 5.92 Å². The number of phenols is 1. The zero-order chi connectivity index (χ0) is 25.1. The number of nitrogens with zero attached hydrogens (tertiary/aromatic N) is 1. The quantitative estimate of drug-likeness (QED) is 0.0802. The molecule has 2 unspecified atom stereocenters. The summed E-state index contributed by atoms with van der Waals surface area (Å²) in [5.74, 6) is -4.31. The number of carbonyl (C=O) groups excluding carboxylic acids is 3. The van der Waals surface area contributed by atoms with E-state index in [1.807, 2.05) is 0 Å². The Morgan fingerprint density at radius 1 is 1.14 bits per heavy atom. The van der Waals surface area contributed by atoms with Crippen molar-refractivity contribution in [1.82, 2.24) is 9.62 Å². The Hall–Kier alpha value is -2.68. The maximum absolute atomic E-state index is 13.1. The molecule has 0 aromatic heterocycles. The molecule has 1 heterocycles. The summed E-state index contributed by atoms with van der Waals surface area (Å²) in [7, 11) is -2.29. The zero-order valence-corrected chi connectivity index (χ0v) is 21.9. The van der Waals surface area contributed by atoms with Crippen LogP contribution in [-0.4, -0.2) is 66.7 Å². The molecule has 3 N–H and O–H groups in total. The normalized spacial score (nSPS) is 18.0. The molecule has 12 nitrogen and oxygen atoms in total. The molecule has 184 valence electrons. The van der Waals surface area contributed by atoms with Crippen molar-refractivity contribution in [1.29, 1.82) is 0 Å². The van der Waals surface area contributed by atoms with Gasteiger partial charge in [-0.15, -0.1) is 0 Å². The third kappa shape index (κ3) is 6.31. The number of aromatic hydroxyl groups is 1. The van der Waals surface area contributed by atoms with Crippen LogP contribution in [0.5, 0.6) is 11.5 Å². The Morgan fingerprint density at radius 2 is 1.74 bits per heavy atom. The summed E-state index contributed by atoms with van der Waals surface area (Å²) in [6.45, 7) is -0.869. The summed E-state index contributed by atoms with van der Waals surface area (Å²) in [5.41, 5.74) is -1.34. The molecule has 0 bridgehead atoms. The average molecular weight is 518 g/mol. The first-order valence-corrected chi connectivity index (χ1v) is 11.2. The van der Waals surface area contributed by atoms with Crippen LogP contribution >= 0.6 is 0 Å². The standard InChI is InChI=1S/C21H22N2O10S.Na.H/c1-31-16-9-3-13(4-10-16)11-33-19(26)17(14-5-7-15(24)8-6-14)18(25)22-21(32-2)12-23(20(21)27)34(28,29)30;;/h3-10,17,24H,11-12H2,1-2H3,(H,22,25)(H,28,29,30);;/q;+1;-1. The average Bonchev–Trinajstić information content (AvgIpc) is 2.80. The Kier molecular flexibility index (Phi) is 9.28. The topological polar surface area (TPSA) is 169 Å². The molecule has 14 heteroatoms. The molecular weight excluding hydrogens is 495 g/mol. The van der Waals surface area contributed by atoms with Crippen LogP contribution in [0.4, 0.5) is 0 Å². The van der Waals surface area contributed by atoms with E-state index >= 15 is 0 Å². The fourth-order valence-electron chi connectivity index (χ4n) is 3.23. The Labute approximate surface area is 224 Å². The van der Waals surface area contributed by atoms with Gasteiger partial charge in [0.1, 0.15) is 18.1 Å². The van der Waals surface area contributed by atoms with Crippen molar-refractivity contribution in [2.75, 3.05) is 20.8 Å². The van der Waals surface area contributed by atoms with Gasteiger partial charge in [-0.1, -0.05) is 24.3 Å². The van der Waals surface area contributed by atoms with Crippen molar-refractivity contribution in [2.45, 2.75) is 18.2 Å². The molecule has 0 aliphatic carbocycles. The van der Waals surface area contributed by atoms with Gasteiger partial charge in [-0.2, -0.15) is 8.42 Å². The minimum absolute atomic E-state index is 0. The van der Waals surface area contributed by atoms with Crippen LogP contribution in [0, 0.1) is 0 Å². The first kappa shape index (κ1) is 28.6.